The van der Waals surface area contributed by atoms with E-state index in [4.69, 9.17) is 9.72 Å². The Morgan fingerprint density at radius 1 is 1.21 bits per heavy atom. The summed E-state index contributed by atoms with van der Waals surface area (Å²) in [5.74, 6) is 1.80. The summed E-state index contributed by atoms with van der Waals surface area (Å²) >= 11 is 0. The molecule has 1 aromatic carbocycles. The maximum Gasteiger partial charge on any atom is 0.161 e. The first kappa shape index (κ1) is 12.4. The van der Waals surface area contributed by atoms with E-state index in [0.717, 1.165) is 23.8 Å². The number of fused-ring (bicyclic) bond motifs is 1. The molecule has 0 saturated carbocycles. The Morgan fingerprint density at radius 3 is 2.63 bits per heavy atom. The average molecular weight is 257 g/mol. The van der Waals surface area contributed by atoms with E-state index in [1.807, 2.05) is 22.9 Å². The van der Waals surface area contributed by atoms with Gasteiger partial charge in [0.25, 0.3) is 0 Å². The minimum atomic E-state index is -0.0986. The van der Waals surface area contributed by atoms with E-state index < -0.39 is 0 Å². The molecule has 0 fully saturated rings. The summed E-state index contributed by atoms with van der Waals surface area (Å²) in [5, 5.41) is 4.62. The minimum Gasteiger partial charge on any atom is -0.364 e. The van der Waals surface area contributed by atoms with Crippen molar-refractivity contribution in [2.24, 2.45) is 0 Å². The van der Waals surface area contributed by atoms with Gasteiger partial charge in [0.15, 0.2) is 11.6 Å². The highest BCUT2D eigenvalue weighted by atomic mass is 16.5. The van der Waals surface area contributed by atoms with Crippen molar-refractivity contribution >= 4 is 0 Å². The lowest BCUT2D eigenvalue weighted by Crippen LogP contribution is -2.23. The molecule has 2 heterocycles. The van der Waals surface area contributed by atoms with Gasteiger partial charge in [0.2, 0.25) is 0 Å². The highest BCUT2D eigenvalue weighted by Gasteiger charge is 2.29. The SMILES string of the molecule is CC(C)(C)c1nc2n(n1)CCOC2c1ccccc1. The standard InChI is InChI=1S/C15H19N3O/c1-15(2,3)14-16-13-12(11-7-5-4-6-8-11)19-10-9-18(13)17-14/h4-8,12H,9-10H2,1-3H3. The van der Waals surface area contributed by atoms with Gasteiger partial charge in [-0.25, -0.2) is 9.67 Å². The highest BCUT2D eigenvalue weighted by molar-refractivity contribution is 5.24. The Morgan fingerprint density at radius 2 is 1.95 bits per heavy atom. The van der Waals surface area contributed by atoms with E-state index in [0.29, 0.717) is 6.61 Å². The maximum absolute atomic E-state index is 5.89. The third kappa shape index (κ3) is 2.28. The zero-order valence-electron chi connectivity index (χ0n) is 11.6. The first-order chi connectivity index (χ1) is 9.05. The van der Waals surface area contributed by atoms with Crippen LogP contribution in [0.15, 0.2) is 30.3 Å². The smallest absolute Gasteiger partial charge is 0.161 e. The molecule has 1 aromatic heterocycles. The van der Waals surface area contributed by atoms with Gasteiger partial charge in [-0.3, -0.25) is 0 Å². The fourth-order valence-electron chi connectivity index (χ4n) is 2.24. The first-order valence-electron chi connectivity index (χ1n) is 6.67. The van der Waals surface area contributed by atoms with E-state index in [2.05, 4.69) is 38.0 Å². The molecule has 2 aromatic rings. The van der Waals surface area contributed by atoms with Crippen molar-refractivity contribution in [3.8, 4) is 0 Å². The number of ether oxygens (including phenoxy) is 1. The molecule has 0 spiro atoms. The Kier molecular flexibility index (Phi) is 2.90. The zero-order valence-corrected chi connectivity index (χ0v) is 11.6. The summed E-state index contributed by atoms with van der Waals surface area (Å²) in [6.07, 6.45) is -0.0986. The predicted molar refractivity (Wildman–Crippen MR) is 73.0 cm³/mol. The molecule has 1 unspecified atom stereocenters. The van der Waals surface area contributed by atoms with Crippen molar-refractivity contribution in [1.29, 1.82) is 0 Å². The number of nitrogens with zero attached hydrogens (tertiary/aromatic N) is 3. The van der Waals surface area contributed by atoms with Crippen LogP contribution in [0.5, 0.6) is 0 Å². The maximum atomic E-state index is 5.89. The van der Waals surface area contributed by atoms with Crippen molar-refractivity contribution in [2.75, 3.05) is 6.61 Å². The quantitative estimate of drug-likeness (QED) is 0.788. The lowest BCUT2D eigenvalue weighted by molar-refractivity contribution is 0.0390. The lowest BCUT2D eigenvalue weighted by Gasteiger charge is -2.23. The molecule has 0 radical (unpaired) electrons. The van der Waals surface area contributed by atoms with Gasteiger partial charge in [-0.15, -0.1) is 0 Å². The van der Waals surface area contributed by atoms with Crippen LogP contribution >= 0.6 is 0 Å². The molecule has 0 aliphatic carbocycles. The second-order valence-corrected chi connectivity index (χ2v) is 5.93. The van der Waals surface area contributed by atoms with Crippen LogP contribution in [0.2, 0.25) is 0 Å². The van der Waals surface area contributed by atoms with Gasteiger partial charge in [0.1, 0.15) is 6.10 Å². The van der Waals surface area contributed by atoms with Gasteiger partial charge in [-0.2, -0.15) is 5.10 Å². The molecule has 0 bridgehead atoms. The van der Waals surface area contributed by atoms with Crippen molar-refractivity contribution in [3.05, 3.63) is 47.5 Å². The molecule has 1 aliphatic heterocycles. The summed E-state index contributed by atoms with van der Waals surface area (Å²) in [7, 11) is 0. The normalized spacial score (nSPS) is 19.2. The van der Waals surface area contributed by atoms with Gasteiger partial charge in [-0.05, 0) is 5.56 Å². The molecule has 4 nitrogen and oxygen atoms in total. The third-order valence-corrected chi connectivity index (χ3v) is 3.30. The van der Waals surface area contributed by atoms with Crippen LogP contribution in [-0.2, 0) is 16.7 Å². The number of aromatic nitrogens is 3. The minimum absolute atomic E-state index is 0.0361. The van der Waals surface area contributed by atoms with E-state index >= 15 is 0 Å². The zero-order chi connectivity index (χ0) is 13.5. The predicted octanol–water partition coefficient (Wildman–Crippen LogP) is 2.70. The number of hydrogen-bond acceptors (Lipinski definition) is 3. The molecule has 1 atom stereocenters. The van der Waals surface area contributed by atoms with Crippen LogP contribution < -0.4 is 0 Å². The van der Waals surface area contributed by atoms with Gasteiger partial charge in [0, 0.05) is 5.41 Å². The van der Waals surface area contributed by atoms with Gasteiger partial charge in [0.05, 0.1) is 13.2 Å². The molecule has 0 amide bonds. The molecule has 3 rings (SSSR count). The monoisotopic (exact) mass is 257 g/mol. The van der Waals surface area contributed by atoms with E-state index in [-0.39, 0.29) is 11.5 Å². The summed E-state index contributed by atoms with van der Waals surface area (Å²) in [6, 6.07) is 10.2. The van der Waals surface area contributed by atoms with E-state index in [1.54, 1.807) is 0 Å². The van der Waals surface area contributed by atoms with Crippen LogP contribution in [0.3, 0.4) is 0 Å². The van der Waals surface area contributed by atoms with Crippen molar-refractivity contribution in [2.45, 2.75) is 38.8 Å². The van der Waals surface area contributed by atoms with Crippen LogP contribution in [0.1, 0.15) is 44.1 Å². The summed E-state index contributed by atoms with van der Waals surface area (Å²) in [6.45, 7) is 7.85. The van der Waals surface area contributed by atoms with Gasteiger partial charge in [-0.1, -0.05) is 51.1 Å². The molecule has 0 saturated heterocycles. The summed E-state index contributed by atoms with van der Waals surface area (Å²) < 4.78 is 7.88. The molecule has 4 heteroatoms. The number of hydrogen-bond donors (Lipinski definition) is 0. The van der Waals surface area contributed by atoms with Crippen molar-refractivity contribution in [3.63, 3.8) is 0 Å². The van der Waals surface area contributed by atoms with E-state index in [1.165, 1.54) is 0 Å². The molecule has 0 N–H and O–H groups in total. The van der Waals surface area contributed by atoms with Gasteiger partial charge >= 0.3 is 0 Å². The average Bonchev–Trinajstić information content (AvgIpc) is 2.83. The molecule has 100 valence electrons. The third-order valence-electron chi connectivity index (χ3n) is 3.30. The summed E-state index contributed by atoms with van der Waals surface area (Å²) in [5.41, 5.74) is 1.10. The van der Waals surface area contributed by atoms with Gasteiger partial charge < -0.3 is 4.74 Å². The Balaban J connectivity index is 2.03. The van der Waals surface area contributed by atoms with E-state index in [9.17, 15) is 0 Å². The summed E-state index contributed by atoms with van der Waals surface area (Å²) in [4.78, 5) is 4.71. The van der Waals surface area contributed by atoms with Crippen molar-refractivity contribution < 1.29 is 4.74 Å². The largest absolute Gasteiger partial charge is 0.364 e. The number of benzene rings is 1. The molecular weight excluding hydrogens is 238 g/mol. The van der Waals surface area contributed by atoms with Crippen LogP contribution in [0.25, 0.3) is 0 Å². The second-order valence-electron chi connectivity index (χ2n) is 5.93. The Labute approximate surface area is 113 Å². The molecule has 1 aliphatic rings. The fourth-order valence-corrected chi connectivity index (χ4v) is 2.24. The fraction of sp³-hybridized carbons (Fsp3) is 0.467. The van der Waals surface area contributed by atoms with Crippen LogP contribution in [0, 0.1) is 0 Å². The number of rotatable bonds is 1. The Hall–Kier alpha value is -1.68. The second kappa shape index (κ2) is 4.46. The Bertz CT molecular complexity index is 569. The van der Waals surface area contributed by atoms with Crippen LogP contribution in [-0.4, -0.2) is 21.4 Å². The lowest BCUT2D eigenvalue weighted by atomic mass is 9.96. The van der Waals surface area contributed by atoms with Crippen LogP contribution in [0.4, 0.5) is 0 Å². The molecule has 19 heavy (non-hydrogen) atoms. The topological polar surface area (TPSA) is 39.9 Å². The van der Waals surface area contributed by atoms with Crippen molar-refractivity contribution in [1.82, 2.24) is 14.8 Å². The first-order valence-corrected chi connectivity index (χ1v) is 6.67. The highest BCUT2D eigenvalue weighted by Crippen LogP contribution is 2.29. The molecular formula is C15H19N3O.